The molecule has 2 aromatic rings. The molecule has 0 aliphatic carbocycles. The van der Waals surface area contributed by atoms with Gasteiger partial charge in [-0.05, 0) is 18.7 Å². The molecule has 0 spiro atoms. The lowest BCUT2D eigenvalue weighted by molar-refractivity contribution is 0.936. The van der Waals surface area contributed by atoms with E-state index in [1.54, 1.807) is 0 Å². The Labute approximate surface area is 104 Å². The van der Waals surface area contributed by atoms with Gasteiger partial charge in [0.25, 0.3) is 0 Å². The molecular formula is C11H11Cl2N3. The summed E-state index contributed by atoms with van der Waals surface area (Å²) in [5, 5.41) is 1.14. The quantitative estimate of drug-likeness (QED) is 0.887. The molecule has 0 unspecified atom stereocenters. The molecule has 84 valence electrons. The fraction of sp³-hybridized carbons (Fsp3) is 0.182. The van der Waals surface area contributed by atoms with Gasteiger partial charge < -0.3 is 10.7 Å². The Morgan fingerprint density at radius 2 is 2.12 bits per heavy atom. The summed E-state index contributed by atoms with van der Waals surface area (Å²) in [7, 11) is 0. The molecular weight excluding hydrogens is 245 g/mol. The molecule has 5 heteroatoms. The fourth-order valence-electron chi connectivity index (χ4n) is 1.47. The molecule has 0 amide bonds. The van der Waals surface area contributed by atoms with Gasteiger partial charge in [-0.3, -0.25) is 0 Å². The number of nitrogens with one attached hydrogen (secondary N) is 1. The van der Waals surface area contributed by atoms with Crippen molar-refractivity contribution in [3.8, 4) is 11.4 Å². The van der Waals surface area contributed by atoms with Crippen LogP contribution in [0, 0.1) is 0 Å². The van der Waals surface area contributed by atoms with Crippen LogP contribution in [0.25, 0.3) is 11.4 Å². The summed E-state index contributed by atoms with van der Waals surface area (Å²) < 4.78 is 0. The fourth-order valence-corrected chi connectivity index (χ4v) is 1.89. The second-order valence-corrected chi connectivity index (χ2v) is 4.20. The highest BCUT2D eigenvalue weighted by molar-refractivity contribution is 6.31. The summed E-state index contributed by atoms with van der Waals surface area (Å²) in [5.41, 5.74) is 7.25. The molecule has 1 aromatic heterocycles. The highest BCUT2D eigenvalue weighted by Crippen LogP contribution is 2.23. The third kappa shape index (κ3) is 2.38. The summed E-state index contributed by atoms with van der Waals surface area (Å²) >= 11 is 11.9. The zero-order chi connectivity index (χ0) is 11.5. The summed E-state index contributed by atoms with van der Waals surface area (Å²) in [6, 6.07) is 7.45. The molecule has 0 bridgehead atoms. The normalized spacial score (nSPS) is 10.7. The van der Waals surface area contributed by atoms with Crippen molar-refractivity contribution in [3.05, 3.63) is 40.1 Å². The summed E-state index contributed by atoms with van der Waals surface area (Å²) in [6.45, 7) is 0.539. The minimum absolute atomic E-state index is 0.473. The Morgan fingerprint density at radius 1 is 1.31 bits per heavy atom. The number of nitrogens with two attached hydrogens (primary N) is 1. The first-order valence-corrected chi connectivity index (χ1v) is 5.66. The molecule has 0 aliphatic heterocycles. The highest BCUT2D eigenvalue weighted by atomic mass is 35.5. The van der Waals surface area contributed by atoms with E-state index in [9.17, 15) is 0 Å². The molecule has 0 saturated carbocycles. The van der Waals surface area contributed by atoms with E-state index in [-0.39, 0.29) is 0 Å². The van der Waals surface area contributed by atoms with E-state index in [1.165, 1.54) is 0 Å². The topological polar surface area (TPSA) is 54.7 Å². The molecule has 0 atom stereocenters. The molecule has 0 aliphatic rings. The van der Waals surface area contributed by atoms with E-state index in [0.717, 1.165) is 17.1 Å². The second-order valence-electron chi connectivity index (χ2n) is 3.40. The standard InChI is InChI=1S/C11H11Cl2N3/c12-8-3-1-2-7(6-8)11-15-9(4-5-14)10(13)16-11/h1-3,6H,4-5,14H2,(H,15,16). The van der Waals surface area contributed by atoms with Crippen LogP contribution in [0.15, 0.2) is 24.3 Å². The Morgan fingerprint density at radius 3 is 2.81 bits per heavy atom. The van der Waals surface area contributed by atoms with Crippen LogP contribution < -0.4 is 5.73 Å². The zero-order valence-corrected chi connectivity index (χ0v) is 10.0. The molecule has 16 heavy (non-hydrogen) atoms. The third-order valence-corrected chi connectivity index (χ3v) is 2.77. The first-order valence-electron chi connectivity index (χ1n) is 4.91. The number of H-pyrrole nitrogens is 1. The summed E-state index contributed by atoms with van der Waals surface area (Å²) in [6.07, 6.45) is 0.687. The number of halogens is 2. The molecule has 3 nitrogen and oxygen atoms in total. The number of rotatable bonds is 3. The molecule has 3 N–H and O–H groups in total. The highest BCUT2D eigenvalue weighted by Gasteiger charge is 2.09. The summed E-state index contributed by atoms with van der Waals surface area (Å²) in [4.78, 5) is 7.38. The van der Waals surface area contributed by atoms with Crippen LogP contribution in [0.1, 0.15) is 5.69 Å². The maximum Gasteiger partial charge on any atom is 0.150 e. The monoisotopic (exact) mass is 255 g/mol. The van der Waals surface area contributed by atoms with Gasteiger partial charge in [0.05, 0.1) is 5.69 Å². The van der Waals surface area contributed by atoms with Crippen molar-refractivity contribution in [3.63, 3.8) is 0 Å². The average molecular weight is 256 g/mol. The van der Waals surface area contributed by atoms with Crippen molar-refractivity contribution in [1.82, 2.24) is 9.97 Å². The first kappa shape index (κ1) is 11.5. The van der Waals surface area contributed by atoms with Crippen LogP contribution in [-0.4, -0.2) is 16.5 Å². The van der Waals surface area contributed by atoms with Crippen molar-refractivity contribution in [1.29, 1.82) is 0 Å². The largest absolute Gasteiger partial charge is 0.341 e. The van der Waals surface area contributed by atoms with Gasteiger partial charge >= 0.3 is 0 Å². The smallest absolute Gasteiger partial charge is 0.150 e. The van der Waals surface area contributed by atoms with Gasteiger partial charge in [0.2, 0.25) is 0 Å². The Kier molecular flexibility index (Phi) is 3.49. The number of imidazole rings is 1. The number of nitrogens with zero attached hydrogens (tertiary/aromatic N) is 1. The van der Waals surface area contributed by atoms with Crippen molar-refractivity contribution in [2.75, 3.05) is 6.54 Å². The van der Waals surface area contributed by atoms with E-state index >= 15 is 0 Å². The summed E-state index contributed by atoms with van der Waals surface area (Å²) in [5.74, 6) is 0.718. The van der Waals surface area contributed by atoms with E-state index in [4.69, 9.17) is 28.9 Å². The van der Waals surface area contributed by atoms with E-state index < -0.39 is 0 Å². The minimum Gasteiger partial charge on any atom is -0.341 e. The van der Waals surface area contributed by atoms with E-state index in [2.05, 4.69) is 9.97 Å². The SMILES string of the molecule is NCCc1[nH]c(-c2cccc(Cl)c2)nc1Cl. The van der Waals surface area contributed by atoms with Gasteiger partial charge in [0, 0.05) is 17.0 Å². The Hall–Kier alpha value is -1.03. The number of aromatic amines is 1. The molecule has 0 radical (unpaired) electrons. The van der Waals surface area contributed by atoms with Gasteiger partial charge in [-0.15, -0.1) is 0 Å². The van der Waals surface area contributed by atoms with Crippen LogP contribution in [0.2, 0.25) is 10.2 Å². The van der Waals surface area contributed by atoms with Gasteiger partial charge in [-0.1, -0.05) is 35.3 Å². The van der Waals surface area contributed by atoms with Crippen LogP contribution in [0.4, 0.5) is 0 Å². The molecule has 0 fully saturated rings. The zero-order valence-electron chi connectivity index (χ0n) is 8.50. The number of hydrogen-bond acceptors (Lipinski definition) is 2. The lowest BCUT2D eigenvalue weighted by Crippen LogP contribution is -2.03. The molecule has 2 rings (SSSR count). The van der Waals surface area contributed by atoms with E-state index in [1.807, 2.05) is 24.3 Å². The number of benzene rings is 1. The van der Waals surface area contributed by atoms with Crippen molar-refractivity contribution in [2.45, 2.75) is 6.42 Å². The van der Waals surface area contributed by atoms with Crippen LogP contribution in [0.3, 0.4) is 0 Å². The van der Waals surface area contributed by atoms with Crippen LogP contribution in [0.5, 0.6) is 0 Å². The van der Waals surface area contributed by atoms with Crippen molar-refractivity contribution < 1.29 is 0 Å². The number of hydrogen-bond donors (Lipinski definition) is 2. The molecule has 0 saturated heterocycles. The van der Waals surface area contributed by atoms with Gasteiger partial charge in [-0.25, -0.2) is 4.98 Å². The number of aromatic nitrogens is 2. The lowest BCUT2D eigenvalue weighted by Gasteiger charge is -1.97. The second kappa shape index (κ2) is 4.87. The maximum atomic E-state index is 5.98. The average Bonchev–Trinajstić information content (AvgIpc) is 2.61. The van der Waals surface area contributed by atoms with Gasteiger partial charge in [-0.2, -0.15) is 0 Å². The van der Waals surface area contributed by atoms with E-state index in [0.29, 0.717) is 23.1 Å². The predicted molar refractivity (Wildman–Crippen MR) is 66.8 cm³/mol. The molecule has 1 aromatic carbocycles. The first-order chi connectivity index (χ1) is 7.70. The maximum absolute atomic E-state index is 5.98. The lowest BCUT2D eigenvalue weighted by atomic mass is 10.2. The Bertz CT molecular complexity index is 494. The molecule has 1 heterocycles. The van der Waals surface area contributed by atoms with Gasteiger partial charge in [0.15, 0.2) is 5.15 Å². The predicted octanol–water partition coefficient (Wildman–Crippen LogP) is 2.88. The van der Waals surface area contributed by atoms with Gasteiger partial charge in [0.1, 0.15) is 5.82 Å². The Balaban J connectivity index is 2.37. The van der Waals surface area contributed by atoms with Crippen LogP contribution in [-0.2, 0) is 6.42 Å². The third-order valence-electron chi connectivity index (χ3n) is 2.22. The minimum atomic E-state index is 0.473. The van der Waals surface area contributed by atoms with Crippen molar-refractivity contribution in [2.24, 2.45) is 5.73 Å². The van der Waals surface area contributed by atoms with Crippen molar-refractivity contribution >= 4 is 23.2 Å². The van der Waals surface area contributed by atoms with Crippen LogP contribution >= 0.6 is 23.2 Å².